The van der Waals surface area contributed by atoms with E-state index in [0.29, 0.717) is 6.04 Å². The number of ether oxygens (including phenoxy) is 1. The fourth-order valence-corrected chi connectivity index (χ4v) is 3.06. The van der Waals surface area contributed by atoms with Gasteiger partial charge in [-0.2, -0.15) is 0 Å². The fourth-order valence-electron chi connectivity index (χ4n) is 2.48. The van der Waals surface area contributed by atoms with Gasteiger partial charge in [0.15, 0.2) is 0 Å². The Morgan fingerprint density at radius 2 is 2.21 bits per heavy atom. The number of halogens is 1. The molecule has 3 nitrogen and oxygen atoms in total. The smallest absolute Gasteiger partial charge is 0.0593 e. The molecule has 2 rings (SSSR count). The first-order valence-corrected chi connectivity index (χ1v) is 7.71. The van der Waals surface area contributed by atoms with Gasteiger partial charge >= 0.3 is 0 Å². The molecule has 1 atom stereocenters. The van der Waals surface area contributed by atoms with Crippen molar-refractivity contribution in [2.75, 3.05) is 40.4 Å². The molecule has 4 heteroatoms. The van der Waals surface area contributed by atoms with Gasteiger partial charge in [0.25, 0.3) is 0 Å². The zero-order valence-corrected chi connectivity index (χ0v) is 13.4. The molecule has 0 spiro atoms. The average Bonchev–Trinajstić information content (AvgIpc) is 2.78. The van der Waals surface area contributed by atoms with Gasteiger partial charge in [0, 0.05) is 23.6 Å². The van der Waals surface area contributed by atoms with Crippen LogP contribution in [0.3, 0.4) is 0 Å². The van der Waals surface area contributed by atoms with Crippen LogP contribution in [0.2, 0.25) is 0 Å². The number of nitrogens with zero attached hydrogens (tertiary/aromatic N) is 1. The van der Waals surface area contributed by atoms with Gasteiger partial charge < -0.3 is 15.0 Å². The minimum Gasteiger partial charge on any atom is -0.379 e. The van der Waals surface area contributed by atoms with E-state index in [-0.39, 0.29) is 0 Å². The molecule has 0 heterocycles. The van der Waals surface area contributed by atoms with Crippen LogP contribution in [-0.2, 0) is 11.2 Å². The number of likely N-dealkylation sites (N-methyl/N-ethyl adjacent to an activating group) is 1. The van der Waals surface area contributed by atoms with Crippen molar-refractivity contribution in [3.05, 3.63) is 33.8 Å². The summed E-state index contributed by atoms with van der Waals surface area (Å²) < 4.78 is 6.85. The Morgan fingerprint density at radius 1 is 1.37 bits per heavy atom. The number of hydrogen-bond donors (Lipinski definition) is 1. The lowest BCUT2D eigenvalue weighted by Gasteiger charge is -2.15. The summed E-state index contributed by atoms with van der Waals surface area (Å²) in [6.07, 6.45) is 2.35. The molecule has 0 aromatic heterocycles. The maximum Gasteiger partial charge on any atom is 0.0593 e. The van der Waals surface area contributed by atoms with Crippen LogP contribution < -0.4 is 5.32 Å². The second-order valence-corrected chi connectivity index (χ2v) is 6.12. The highest BCUT2D eigenvalue weighted by atomic mass is 79.9. The van der Waals surface area contributed by atoms with Crippen molar-refractivity contribution >= 4 is 15.9 Å². The lowest BCUT2D eigenvalue weighted by molar-refractivity contribution is 0.117. The standard InChI is InChI=1S/C15H23BrN2O/c1-18(2)9-11-19-10-8-17-15-7-6-12-13(15)4-3-5-14(12)16/h3-5,15,17H,6-11H2,1-2H3/t15-/m1/s1. The molecule has 0 saturated carbocycles. The average molecular weight is 327 g/mol. The first-order chi connectivity index (χ1) is 9.18. The van der Waals surface area contributed by atoms with Crippen LogP contribution in [-0.4, -0.2) is 45.3 Å². The van der Waals surface area contributed by atoms with Crippen molar-refractivity contribution in [1.29, 1.82) is 0 Å². The van der Waals surface area contributed by atoms with Crippen molar-refractivity contribution in [3.8, 4) is 0 Å². The largest absolute Gasteiger partial charge is 0.379 e. The SMILES string of the molecule is CN(C)CCOCCN[C@@H]1CCc2c(Br)cccc21. The second kappa shape index (κ2) is 7.39. The number of rotatable bonds is 7. The first kappa shape index (κ1) is 15.0. The fraction of sp³-hybridized carbons (Fsp3) is 0.600. The van der Waals surface area contributed by atoms with Crippen LogP contribution in [0.4, 0.5) is 0 Å². The highest BCUT2D eigenvalue weighted by Gasteiger charge is 2.22. The zero-order chi connectivity index (χ0) is 13.7. The van der Waals surface area contributed by atoms with Crippen LogP contribution in [0.1, 0.15) is 23.6 Å². The summed E-state index contributed by atoms with van der Waals surface area (Å²) in [5.74, 6) is 0. The third-order valence-corrected chi connectivity index (χ3v) is 4.28. The highest BCUT2D eigenvalue weighted by molar-refractivity contribution is 9.10. The van der Waals surface area contributed by atoms with Crippen LogP contribution in [0.25, 0.3) is 0 Å². The Balaban J connectivity index is 1.70. The van der Waals surface area contributed by atoms with E-state index in [9.17, 15) is 0 Å². The quantitative estimate of drug-likeness (QED) is 0.779. The van der Waals surface area contributed by atoms with Gasteiger partial charge in [-0.25, -0.2) is 0 Å². The van der Waals surface area contributed by atoms with E-state index < -0.39 is 0 Å². The molecule has 106 valence electrons. The summed E-state index contributed by atoms with van der Waals surface area (Å²) >= 11 is 3.63. The van der Waals surface area contributed by atoms with E-state index in [1.807, 2.05) is 0 Å². The summed E-state index contributed by atoms with van der Waals surface area (Å²) in [5, 5.41) is 3.59. The van der Waals surface area contributed by atoms with E-state index in [4.69, 9.17) is 4.74 Å². The lowest BCUT2D eigenvalue weighted by Crippen LogP contribution is -2.25. The summed E-state index contributed by atoms with van der Waals surface area (Å²) in [6, 6.07) is 6.98. The summed E-state index contributed by atoms with van der Waals surface area (Å²) in [7, 11) is 4.13. The minimum atomic E-state index is 0.491. The van der Waals surface area contributed by atoms with E-state index in [0.717, 1.165) is 32.7 Å². The van der Waals surface area contributed by atoms with Crippen LogP contribution in [0.5, 0.6) is 0 Å². The highest BCUT2D eigenvalue weighted by Crippen LogP contribution is 2.35. The molecule has 0 fully saturated rings. The summed E-state index contributed by atoms with van der Waals surface area (Å²) in [4.78, 5) is 2.14. The van der Waals surface area contributed by atoms with Crippen molar-refractivity contribution in [3.63, 3.8) is 0 Å². The number of nitrogens with one attached hydrogen (secondary N) is 1. The lowest BCUT2D eigenvalue weighted by atomic mass is 10.1. The van der Waals surface area contributed by atoms with Gasteiger partial charge in [0.05, 0.1) is 13.2 Å². The Morgan fingerprint density at radius 3 is 3.00 bits per heavy atom. The van der Waals surface area contributed by atoms with Gasteiger partial charge in [0.2, 0.25) is 0 Å². The van der Waals surface area contributed by atoms with Gasteiger partial charge in [-0.1, -0.05) is 28.1 Å². The van der Waals surface area contributed by atoms with Crippen LogP contribution >= 0.6 is 15.9 Å². The normalized spacial score (nSPS) is 18.0. The minimum absolute atomic E-state index is 0.491. The predicted octanol–water partition coefficient (Wildman–Crippen LogP) is 2.60. The topological polar surface area (TPSA) is 24.5 Å². The molecule has 1 aromatic rings. The molecule has 1 aromatic carbocycles. The first-order valence-electron chi connectivity index (χ1n) is 6.91. The molecule has 0 radical (unpaired) electrons. The predicted molar refractivity (Wildman–Crippen MR) is 82.6 cm³/mol. The maximum atomic E-state index is 5.60. The molecule has 0 aliphatic heterocycles. The Labute approximate surface area is 124 Å². The number of benzene rings is 1. The van der Waals surface area contributed by atoms with E-state index in [1.54, 1.807) is 0 Å². The summed E-state index contributed by atoms with van der Waals surface area (Å²) in [6.45, 7) is 3.50. The molecule has 1 aliphatic rings. The molecular weight excluding hydrogens is 304 g/mol. The van der Waals surface area contributed by atoms with Crippen LogP contribution in [0, 0.1) is 0 Å². The molecule has 19 heavy (non-hydrogen) atoms. The van der Waals surface area contributed by atoms with Crippen molar-refractivity contribution in [1.82, 2.24) is 10.2 Å². The monoisotopic (exact) mass is 326 g/mol. The Kier molecular flexibility index (Phi) is 5.82. The van der Waals surface area contributed by atoms with Gasteiger partial charge in [-0.15, -0.1) is 0 Å². The molecule has 0 saturated heterocycles. The molecule has 0 bridgehead atoms. The van der Waals surface area contributed by atoms with Gasteiger partial charge in [-0.05, 0) is 44.1 Å². The summed E-state index contributed by atoms with van der Waals surface area (Å²) in [5.41, 5.74) is 2.91. The van der Waals surface area contributed by atoms with Crippen molar-refractivity contribution in [2.24, 2.45) is 0 Å². The maximum absolute atomic E-state index is 5.60. The van der Waals surface area contributed by atoms with E-state index in [2.05, 4.69) is 58.4 Å². The molecule has 1 aliphatic carbocycles. The molecule has 0 amide bonds. The third kappa shape index (κ3) is 4.28. The third-order valence-electron chi connectivity index (χ3n) is 3.53. The molecular formula is C15H23BrN2O. The number of fused-ring (bicyclic) bond motifs is 1. The van der Waals surface area contributed by atoms with E-state index >= 15 is 0 Å². The number of hydrogen-bond acceptors (Lipinski definition) is 3. The molecule has 0 unspecified atom stereocenters. The van der Waals surface area contributed by atoms with Gasteiger partial charge in [0.1, 0.15) is 0 Å². The van der Waals surface area contributed by atoms with Gasteiger partial charge in [-0.3, -0.25) is 0 Å². The Bertz CT molecular complexity index is 409. The second-order valence-electron chi connectivity index (χ2n) is 5.27. The van der Waals surface area contributed by atoms with Crippen molar-refractivity contribution < 1.29 is 4.74 Å². The van der Waals surface area contributed by atoms with E-state index in [1.165, 1.54) is 22.0 Å². The Hall–Kier alpha value is -0.420. The molecule has 1 N–H and O–H groups in total. The zero-order valence-electron chi connectivity index (χ0n) is 11.8. The van der Waals surface area contributed by atoms with Crippen molar-refractivity contribution in [2.45, 2.75) is 18.9 Å². The van der Waals surface area contributed by atoms with Crippen LogP contribution in [0.15, 0.2) is 22.7 Å².